The van der Waals surface area contributed by atoms with Gasteiger partial charge in [0.15, 0.2) is 0 Å². The van der Waals surface area contributed by atoms with E-state index >= 15 is 0 Å². The van der Waals surface area contributed by atoms with Crippen molar-refractivity contribution in [1.29, 1.82) is 0 Å². The molecule has 0 aliphatic rings. The number of aliphatic carboxylic acids is 1. The van der Waals surface area contributed by atoms with Crippen molar-refractivity contribution in [2.75, 3.05) is 0 Å². The molecule has 3 N–H and O–H groups in total. The van der Waals surface area contributed by atoms with Gasteiger partial charge in [-0.15, -0.1) is 11.3 Å². The molecule has 94 valence electrons. The number of nitrogens with zero attached hydrogens (tertiary/aromatic N) is 1. The number of hydrogen-bond donors (Lipinski definition) is 2. The Labute approximate surface area is 117 Å². The number of rotatable bonds is 3. The Hall–Kier alpha value is -1.24. The van der Waals surface area contributed by atoms with Crippen molar-refractivity contribution in [2.24, 2.45) is 5.73 Å². The molecule has 2 rings (SSSR count). The molecule has 1 aromatic heterocycles. The van der Waals surface area contributed by atoms with Crippen LogP contribution in [0.5, 0.6) is 0 Å². The summed E-state index contributed by atoms with van der Waals surface area (Å²) in [5, 5.41) is 11.3. The number of aromatic nitrogens is 1. The van der Waals surface area contributed by atoms with Gasteiger partial charge in [-0.25, -0.2) is 4.98 Å². The first-order chi connectivity index (χ1) is 8.49. The van der Waals surface area contributed by atoms with Gasteiger partial charge >= 0.3 is 5.97 Å². The molecule has 0 bridgehead atoms. The van der Waals surface area contributed by atoms with Crippen LogP contribution in [0.1, 0.15) is 17.3 Å². The van der Waals surface area contributed by atoms with Crippen LogP contribution in [-0.2, 0) is 4.79 Å². The number of carboxylic acid groups (broad SMARTS) is 1. The van der Waals surface area contributed by atoms with Crippen LogP contribution in [0.15, 0.2) is 28.1 Å². The van der Waals surface area contributed by atoms with E-state index in [0.29, 0.717) is 5.69 Å². The number of thiazole rings is 1. The van der Waals surface area contributed by atoms with Crippen LogP contribution in [0.2, 0.25) is 0 Å². The summed E-state index contributed by atoms with van der Waals surface area (Å²) in [6.07, 6.45) is 0. The van der Waals surface area contributed by atoms with Crippen LogP contribution in [0.3, 0.4) is 0 Å². The van der Waals surface area contributed by atoms with E-state index in [1.807, 2.05) is 25.1 Å². The summed E-state index contributed by atoms with van der Waals surface area (Å²) in [7, 11) is 0. The van der Waals surface area contributed by atoms with Gasteiger partial charge in [0.1, 0.15) is 11.0 Å². The van der Waals surface area contributed by atoms with E-state index < -0.39 is 12.0 Å². The van der Waals surface area contributed by atoms with Crippen molar-refractivity contribution in [1.82, 2.24) is 4.98 Å². The zero-order valence-corrected chi connectivity index (χ0v) is 12.0. The van der Waals surface area contributed by atoms with Crippen molar-refractivity contribution in [2.45, 2.75) is 13.0 Å². The molecule has 0 fully saturated rings. The molecule has 6 heteroatoms. The van der Waals surface area contributed by atoms with E-state index in [1.165, 1.54) is 11.3 Å². The van der Waals surface area contributed by atoms with E-state index in [0.717, 1.165) is 20.6 Å². The number of aryl methyl sites for hydroxylation is 1. The first-order valence-corrected chi connectivity index (χ1v) is 6.86. The highest BCUT2D eigenvalue weighted by Crippen LogP contribution is 2.29. The molecule has 1 aromatic carbocycles. The maximum Gasteiger partial charge on any atom is 0.326 e. The van der Waals surface area contributed by atoms with Gasteiger partial charge in [0.2, 0.25) is 0 Å². The third kappa shape index (κ3) is 2.60. The van der Waals surface area contributed by atoms with Crippen molar-refractivity contribution >= 4 is 33.2 Å². The lowest BCUT2D eigenvalue weighted by Crippen LogP contribution is -2.20. The Morgan fingerprint density at radius 3 is 2.89 bits per heavy atom. The Morgan fingerprint density at radius 2 is 2.28 bits per heavy atom. The summed E-state index contributed by atoms with van der Waals surface area (Å²) in [5.74, 6) is -1.07. The first-order valence-electron chi connectivity index (χ1n) is 5.19. The minimum atomic E-state index is -1.07. The lowest BCUT2D eigenvalue weighted by molar-refractivity contribution is -0.138. The Kier molecular flexibility index (Phi) is 3.79. The molecule has 18 heavy (non-hydrogen) atoms. The molecule has 1 unspecified atom stereocenters. The summed E-state index contributed by atoms with van der Waals surface area (Å²) in [6.45, 7) is 2.00. The van der Waals surface area contributed by atoms with Crippen LogP contribution >= 0.6 is 27.3 Å². The highest BCUT2D eigenvalue weighted by molar-refractivity contribution is 9.10. The van der Waals surface area contributed by atoms with Crippen molar-refractivity contribution < 1.29 is 9.90 Å². The number of carboxylic acids is 1. The number of benzene rings is 1. The van der Waals surface area contributed by atoms with E-state index in [4.69, 9.17) is 10.8 Å². The van der Waals surface area contributed by atoms with Crippen LogP contribution < -0.4 is 5.73 Å². The van der Waals surface area contributed by atoms with Gasteiger partial charge < -0.3 is 10.8 Å². The molecule has 0 spiro atoms. The molecule has 0 aliphatic carbocycles. The summed E-state index contributed by atoms with van der Waals surface area (Å²) in [6, 6.07) is 4.83. The second-order valence-corrected chi connectivity index (χ2v) is 5.57. The smallest absolute Gasteiger partial charge is 0.326 e. The number of nitrogens with two attached hydrogens (primary N) is 1. The van der Waals surface area contributed by atoms with Crippen LogP contribution in [0, 0.1) is 6.92 Å². The molecule has 0 radical (unpaired) electrons. The second kappa shape index (κ2) is 5.17. The maximum absolute atomic E-state index is 10.8. The van der Waals surface area contributed by atoms with Crippen molar-refractivity contribution in [3.8, 4) is 10.6 Å². The van der Waals surface area contributed by atoms with Gasteiger partial charge in [0.25, 0.3) is 0 Å². The van der Waals surface area contributed by atoms with E-state index in [-0.39, 0.29) is 0 Å². The summed E-state index contributed by atoms with van der Waals surface area (Å²) in [4.78, 5) is 15.0. The minimum absolute atomic E-state index is 0.388. The topological polar surface area (TPSA) is 76.2 Å². The lowest BCUT2D eigenvalue weighted by Gasteiger charge is -2.02. The fourth-order valence-corrected chi connectivity index (χ4v) is 2.65. The highest BCUT2D eigenvalue weighted by Gasteiger charge is 2.18. The molecule has 2 aromatic rings. The van der Waals surface area contributed by atoms with Gasteiger partial charge in [-0.2, -0.15) is 0 Å². The predicted octanol–water partition coefficient (Wildman–Crippen LogP) is 2.97. The lowest BCUT2D eigenvalue weighted by atomic mass is 10.1. The number of halogens is 1. The third-order valence-electron chi connectivity index (χ3n) is 2.53. The molecule has 4 nitrogen and oxygen atoms in total. The number of hydrogen-bond acceptors (Lipinski definition) is 4. The fraction of sp³-hybridized carbons (Fsp3) is 0.167. The Morgan fingerprint density at radius 1 is 1.56 bits per heavy atom. The molecule has 0 saturated carbocycles. The molecule has 0 aliphatic heterocycles. The van der Waals surface area contributed by atoms with Crippen LogP contribution in [0.25, 0.3) is 10.6 Å². The monoisotopic (exact) mass is 326 g/mol. The van der Waals surface area contributed by atoms with Gasteiger partial charge in [0.05, 0.1) is 5.69 Å². The summed E-state index contributed by atoms with van der Waals surface area (Å²) < 4.78 is 0.999. The third-order valence-corrected chi connectivity index (χ3v) is 4.29. The Bertz CT molecular complexity index is 598. The van der Waals surface area contributed by atoms with Gasteiger partial charge in [0, 0.05) is 15.4 Å². The van der Waals surface area contributed by atoms with E-state index in [2.05, 4.69) is 20.9 Å². The van der Waals surface area contributed by atoms with Gasteiger partial charge in [-0.1, -0.05) is 28.1 Å². The predicted molar refractivity (Wildman–Crippen MR) is 74.6 cm³/mol. The quantitative estimate of drug-likeness (QED) is 0.909. The summed E-state index contributed by atoms with van der Waals surface area (Å²) in [5.41, 5.74) is 7.99. The van der Waals surface area contributed by atoms with Crippen LogP contribution in [-0.4, -0.2) is 16.1 Å². The van der Waals surface area contributed by atoms with E-state index in [1.54, 1.807) is 5.38 Å². The highest BCUT2D eigenvalue weighted by atomic mass is 79.9. The molecule has 1 atom stereocenters. The Balaban J connectivity index is 2.35. The molecule has 0 saturated heterocycles. The fourth-order valence-electron chi connectivity index (χ4n) is 1.41. The zero-order valence-electron chi connectivity index (χ0n) is 9.55. The zero-order chi connectivity index (χ0) is 13.3. The average molecular weight is 327 g/mol. The average Bonchev–Trinajstić information content (AvgIpc) is 2.81. The molecule has 1 heterocycles. The summed E-state index contributed by atoms with van der Waals surface area (Å²) >= 11 is 4.85. The molecule has 0 amide bonds. The van der Waals surface area contributed by atoms with Gasteiger partial charge in [-0.3, -0.25) is 4.79 Å². The largest absolute Gasteiger partial charge is 0.480 e. The second-order valence-electron chi connectivity index (χ2n) is 3.86. The minimum Gasteiger partial charge on any atom is -0.480 e. The SMILES string of the molecule is Cc1ccc(-c2nc(C(N)C(=O)O)cs2)cc1Br. The standard InChI is InChI=1S/C12H11BrN2O2S/c1-6-2-3-7(4-8(6)13)11-15-9(5-18-11)10(14)12(16)17/h2-5,10H,14H2,1H3,(H,16,17). The van der Waals surface area contributed by atoms with Crippen molar-refractivity contribution in [3.05, 3.63) is 39.3 Å². The van der Waals surface area contributed by atoms with Gasteiger partial charge in [-0.05, 0) is 18.6 Å². The number of carbonyl (C=O) groups is 1. The van der Waals surface area contributed by atoms with Crippen molar-refractivity contribution in [3.63, 3.8) is 0 Å². The first kappa shape index (κ1) is 13.2. The molecular weight excluding hydrogens is 316 g/mol. The normalized spacial score (nSPS) is 12.4. The maximum atomic E-state index is 10.8. The van der Waals surface area contributed by atoms with E-state index in [9.17, 15) is 4.79 Å². The van der Waals surface area contributed by atoms with Crippen LogP contribution in [0.4, 0.5) is 0 Å². The molecular formula is C12H11BrN2O2S.